The van der Waals surface area contributed by atoms with Crippen molar-refractivity contribution >= 4 is 15.9 Å². The second-order valence-corrected chi connectivity index (χ2v) is 9.03. The molecule has 1 unspecified atom stereocenters. The van der Waals surface area contributed by atoms with Crippen molar-refractivity contribution in [2.75, 3.05) is 33.0 Å². The summed E-state index contributed by atoms with van der Waals surface area (Å²) in [6.45, 7) is 0.271. The first kappa shape index (κ1) is 20.0. The molecule has 2 bridgehead atoms. The predicted octanol–water partition coefficient (Wildman–Crippen LogP) is 0.288. The number of hydrogen-bond acceptors (Lipinski definition) is 7. The normalized spacial score (nSPS) is 27.1. The van der Waals surface area contributed by atoms with Crippen molar-refractivity contribution in [3.05, 3.63) is 18.1 Å². The summed E-state index contributed by atoms with van der Waals surface area (Å²) in [5.41, 5.74) is 0.931. The molecule has 0 aromatic carbocycles. The number of carbonyl (C=O) groups is 1. The average molecular weight is 398 g/mol. The van der Waals surface area contributed by atoms with Crippen molar-refractivity contribution in [1.82, 2.24) is 19.6 Å². The van der Waals surface area contributed by atoms with Gasteiger partial charge in [0.2, 0.25) is 15.9 Å². The van der Waals surface area contributed by atoms with Gasteiger partial charge >= 0.3 is 0 Å². The number of amides is 1. The van der Waals surface area contributed by atoms with E-state index in [1.807, 2.05) is 0 Å². The van der Waals surface area contributed by atoms with Gasteiger partial charge in [-0.05, 0) is 31.6 Å². The van der Waals surface area contributed by atoms with Crippen LogP contribution in [0.25, 0.3) is 0 Å². The van der Waals surface area contributed by atoms with Gasteiger partial charge in [0.25, 0.3) is 5.91 Å². The van der Waals surface area contributed by atoms with E-state index in [9.17, 15) is 13.2 Å². The van der Waals surface area contributed by atoms with Gasteiger partial charge in [0.15, 0.2) is 6.61 Å². The highest BCUT2D eigenvalue weighted by Crippen LogP contribution is 2.37. The fourth-order valence-corrected chi connectivity index (χ4v) is 4.05. The smallest absolute Gasteiger partial charge is 0.260 e. The monoisotopic (exact) mass is 398 g/mol. The lowest BCUT2D eigenvalue weighted by Gasteiger charge is -2.32. The van der Waals surface area contributed by atoms with Gasteiger partial charge < -0.3 is 14.4 Å². The Hall–Kier alpha value is -1.78. The third-order valence-corrected chi connectivity index (χ3v) is 5.70. The van der Waals surface area contributed by atoms with Crippen LogP contribution >= 0.6 is 0 Å². The SMILES string of the molecule is CN1CC(CNS(C)(=O)=O)OC2CCC(CC2)c2cncnc2OCC1=O. The van der Waals surface area contributed by atoms with Crippen LogP contribution in [0, 0.1) is 0 Å². The average Bonchev–Trinajstić information content (AvgIpc) is 2.65. The number of sulfonamides is 1. The van der Waals surface area contributed by atoms with E-state index in [-0.39, 0.29) is 37.6 Å². The molecule has 150 valence electrons. The van der Waals surface area contributed by atoms with E-state index >= 15 is 0 Å². The summed E-state index contributed by atoms with van der Waals surface area (Å²) in [5.74, 6) is 0.506. The molecule has 1 fully saturated rings. The van der Waals surface area contributed by atoms with Crippen molar-refractivity contribution in [2.24, 2.45) is 0 Å². The zero-order valence-electron chi connectivity index (χ0n) is 15.6. The number of nitrogens with one attached hydrogen (secondary N) is 1. The van der Waals surface area contributed by atoms with E-state index in [1.165, 1.54) is 11.2 Å². The first-order valence-electron chi connectivity index (χ1n) is 9.08. The van der Waals surface area contributed by atoms with Crippen LogP contribution in [0.2, 0.25) is 0 Å². The molecule has 1 aromatic heterocycles. The maximum absolute atomic E-state index is 12.4. The van der Waals surface area contributed by atoms with Crippen LogP contribution < -0.4 is 9.46 Å². The van der Waals surface area contributed by atoms with Gasteiger partial charge in [0, 0.05) is 31.9 Å². The lowest BCUT2D eigenvalue weighted by Crippen LogP contribution is -2.45. The Morgan fingerprint density at radius 3 is 2.74 bits per heavy atom. The van der Waals surface area contributed by atoms with E-state index < -0.39 is 16.1 Å². The zero-order valence-corrected chi connectivity index (χ0v) is 16.4. The van der Waals surface area contributed by atoms with Gasteiger partial charge in [-0.15, -0.1) is 0 Å². The third kappa shape index (κ3) is 5.60. The molecule has 1 aliphatic carbocycles. The van der Waals surface area contributed by atoms with E-state index in [0.717, 1.165) is 37.5 Å². The molecule has 0 radical (unpaired) electrons. The summed E-state index contributed by atoms with van der Waals surface area (Å²) in [6, 6.07) is 0. The van der Waals surface area contributed by atoms with E-state index in [0.29, 0.717) is 5.88 Å². The molecule has 9 nitrogen and oxygen atoms in total. The lowest BCUT2D eigenvalue weighted by molar-refractivity contribution is -0.134. The van der Waals surface area contributed by atoms with Crippen LogP contribution in [-0.4, -0.2) is 74.4 Å². The van der Waals surface area contributed by atoms with E-state index in [2.05, 4.69) is 14.7 Å². The number of likely N-dealkylation sites (N-methyl/N-ethyl adjacent to an activating group) is 1. The lowest BCUT2D eigenvalue weighted by atomic mass is 9.83. The molecule has 2 aliphatic heterocycles. The maximum Gasteiger partial charge on any atom is 0.260 e. The Kier molecular flexibility index (Phi) is 6.28. The van der Waals surface area contributed by atoms with Gasteiger partial charge in [0.1, 0.15) is 6.33 Å². The van der Waals surface area contributed by atoms with Gasteiger partial charge in [-0.3, -0.25) is 4.79 Å². The van der Waals surface area contributed by atoms with Crippen LogP contribution in [0.15, 0.2) is 12.5 Å². The molecule has 1 N–H and O–H groups in total. The Bertz CT molecular complexity index is 764. The number of ether oxygens (including phenoxy) is 2. The van der Waals surface area contributed by atoms with Crippen LogP contribution in [0.3, 0.4) is 0 Å². The molecule has 1 amide bonds. The minimum atomic E-state index is -3.33. The summed E-state index contributed by atoms with van der Waals surface area (Å²) < 4.78 is 37.2. The number of hydrogen-bond donors (Lipinski definition) is 1. The third-order valence-electron chi connectivity index (χ3n) is 5.01. The second kappa shape index (κ2) is 8.49. The quantitative estimate of drug-likeness (QED) is 0.729. The molecular formula is C17H26N4O5S. The van der Waals surface area contributed by atoms with Crippen molar-refractivity contribution in [1.29, 1.82) is 0 Å². The van der Waals surface area contributed by atoms with Crippen LogP contribution in [0.5, 0.6) is 5.88 Å². The summed E-state index contributed by atoms with van der Waals surface area (Å²) in [5, 5.41) is 0. The van der Waals surface area contributed by atoms with Crippen LogP contribution in [0.4, 0.5) is 0 Å². The van der Waals surface area contributed by atoms with Gasteiger partial charge in [-0.2, -0.15) is 0 Å². The molecule has 4 rings (SSSR count). The van der Waals surface area contributed by atoms with Crippen molar-refractivity contribution in [3.63, 3.8) is 0 Å². The van der Waals surface area contributed by atoms with Gasteiger partial charge in [-0.25, -0.2) is 23.1 Å². The molecule has 1 saturated carbocycles. The molecular weight excluding hydrogens is 372 g/mol. The Balaban J connectivity index is 1.79. The molecule has 1 aromatic rings. The summed E-state index contributed by atoms with van der Waals surface area (Å²) in [4.78, 5) is 22.2. The van der Waals surface area contributed by atoms with Gasteiger partial charge in [0.05, 0.1) is 18.5 Å². The van der Waals surface area contributed by atoms with Gasteiger partial charge in [-0.1, -0.05) is 0 Å². The van der Waals surface area contributed by atoms with Crippen molar-refractivity contribution in [3.8, 4) is 5.88 Å². The number of nitrogens with zero attached hydrogens (tertiary/aromatic N) is 3. The topological polar surface area (TPSA) is 111 Å². The highest BCUT2D eigenvalue weighted by molar-refractivity contribution is 7.88. The fraction of sp³-hybridized carbons (Fsp3) is 0.706. The predicted molar refractivity (Wildman–Crippen MR) is 97.9 cm³/mol. The largest absolute Gasteiger partial charge is 0.467 e. The number of aromatic nitrogens is 2. The van der Waals surface area contributed by atoms with Crippen molar-refractivity contribution in [2.45, 2.75) is 43.8 Å². The molecule has 10 heteroatoms. The first-order chi connectivity index (χ1) is 12.8. The zero-order chi connectivity index (χ0) is 19.4. The summed E-state index contributed by atoms with van der Waals surface area (Å²) in [6.07, 6.45) is 7.43. The second-order valence-electron chi connectivity index (χ2n) is 7.20. The molecule has 3 heterocycles. The molecule has 1 atom stereocenters. The van der Waals surface area contributed by atoms with E-state index in [1.54, 1.807) is 13.2 Å². The fourth-order valence-electron chi connectivity index (χ4n) is 3.56. The molecule has 0 spiro atoms. The highest BCUT2D eigenvalue weighted by atomic mass is 32.2. The number of carbonyl (C=O) groups excluding carboxylic acids is 1. The maximum atomic E-state index is 12.4. The molecule has 0 saturated heterocycles. The summed E-state index contributed by atoms with van der Waals surface area (Å²) >= 11 is 0. The Morgan fingerprint density at radius 2 is 2.04 bits per heavy atom. The van der Waals surface area contributed by atoms with Crippen LogP contribution in [-0.2, 0) is 19.6 Å². The van der Waals surface area contributed by atoms with E-state index in [4.69, 9.17) is 9.47 Å². The molecule has 27 heavy (non-hydrogen) atoms. The summed E-state index contributed by atoms with van der Waals surface area (Å²) in [7, 11) is -1.68. The Morgan fingerprint density at radius 1 is 1.30 bits per heavy atom. The van der Waals surface area contributed by atoms with Crippen molar-refractivity contribution < 1.29 is 22.7 Å². The minimum absolute atomic E-state index is 0.0332. The standard InChI is InChI=1S/C17H26N4O5S/c1-21-9-14(7-20-27(2,23)24)26-13-5-3-12(4-6-13)15-8-18-11-19-17(15)25-10-16(21)22/h8,11-14,20H,3-7,9-10H2,1-2H3. The Labute approximate surface area is 159 Å². The minimum Gasteiger partial charge on any atom is -0.467 e. The highest BCUT2D eigenvalue weighted by Gasteiger charge is 2.29. The molecule has 3 aliphatic rings. The van der Waals surface area contributed by atoms with Crippen LogP contribution in [0.1, 0.15) is 37.2 Å². The first-order valence-corrected chi connectivity index (χ1v) is 11.0. The number of rotatable bonds is 3. The number of fused-ring (bicyclic) bond motifs is 8.